The molecule has 136 valence electrons. The van der Waals surface area contributed by atoms with Crippen LogP contribution in [0.15, 0.2) is 36.5 Å². The molecule has 0 aliphatic carbocycles. The Labute approximate surface area is 154 Å². The van der Waals surface area contributed by atoms with Gasteiger partial charge in [-0.05, 0) is 50.8 Å². The molecule has 1 aromatic carbocycles. The van der Waals surface area contributed by atoms with Crippen LogP contribution in [0.1, 0.15) is 35.2 Å². The molecular formula is C22H26N2O2. The van der Waals surface area contributed by atoms with E-state index in [1.807, 2.05) is 6.20 Å². The van der Waals surface area contributed by atoms with Crippen molar-refractivity contribution < 1.29 is 9.47 Å². The molecule has 3 heterocycles. The summed E-state index contributed by atoms with van der Waals surface area (Å²) >= 11 is 0. The van der Waals surface area contributed by atoms with E-state index in [1.54, 1.807) is 0 Å². The van der Waals surface area contributed by atoms with Crippen LogP contribution in [-0.4, -0.2) is 28.9 Å². The van der Waals surface area contributed by atoms with Crippen molar-refractivity contribution in [3.05, 3.63) is 58.9 Å². The second-order valence-corrected chi connectivity index (χ2v) is 7.24. The van der Waals surface area contributed by atoms with Crippen molar-refractivity contribution in [2.45, 2.75) is 46.3 Å². The van der Waals surface area contributed by atoms with Crippen LogP contribution in [0.4, 0.5) is 0 Å². The minimum Gasteiger partial charge on any atom is -0.473 e. The molecule has 1 aliphatic rings. The van der Waals surface area contributed by atoms with Crippen molar-refractivity contribution in [1.29, 1.82) is 0 Å². The molecule has 0 bridgehead atoms. The highest BCUT2D eigenvalue weighted by Gasteiger charge is 2.20. The molecule has 4 nitrogen and oxygen atoms in total. The lowest BCUT2D eigenvalue weighted by Crippen LogP contribution is -2.17. The van der Waals surface area contributed by atoms with E-state index in [9.17, 15) is 0 Å². The fourth-order valence-corrected chi connectivity index (χ4v) is 3.81. The van der Waals surface area contributed by atoms with E-state index in [1.165, 1.54) is 27.8 Å². The summed E-state index contributed by atoms with van der Waals surface area (Å²) in [4.78, 5) is 4.54. The fourth-order valence-electron chi connectivity index (χ4n) is 3.81. The topological polar surface area (TPSA) is 36.3 Å². The lowest BCUT2D eigenvalue weighted by Gasteiger charge is -2.14. The van der Waals surface area contributed by atoms with Crippen LogP contribution in [0, 0.1) is 20.8 Å². The van der Waals surface area contributed by atoms with E-state index >= 15 is 0 Å². The quantitative estimate of drug-likeness (QED) is 0.676. The van der Waals surface area contributed by atoms with Gasteiger partial charge in [0.15, 0.2) is 0 Å². The Hall–Kier alpha value is -2.33. The van der Waals surface area contributed by atoms with Crippen LogP contribution in [0.5, 0.6) is 5.88 Å². The molecule has 4 rings (SSSR count). The molecule has 0 amide bonds. The minimum absolute atomic E-state index is 0.189. The number of aryl methyl sites for hydroxylation is 2. The van der Waals surface area contributed by atoms with Gasteiger partial charge in [-0.25, -0.2) is 4.98 Å². The van der Waals surface area contributed by atoms with Gasteiger partial charge in [-0.15, -0.1) is 0 Å². The first-order chi connectivity index (χ1) is 12.6. The van der Waals surface area contributed by atoms with Gasteiger partial charge in [0.05, 0.1) is 6.10 Å². The first kappa shape index (κ1) is 17.1. The number of hydrogen-bond donors (Lipinski definition) is 0. The van der Waals surface area contributed by atoms with Gasteiger partial charge < -0.3 is 14.0 Å². The summed E-state index contributed by atoms with van der Waals surface area (Å²) < 4.78 is 14.1. The van der Waals surface area contributed by atoms with Crippen molar-refractivity contribution in [2.75, 3.05) is 13.2 Å². The molecular weight excluding hydrogens is 324 g/mol. The van der Waals surface area contributed by atoms with Crippen molar-refractivity contribution in [2.24, 2.45) is 0 Å². The molecule has 2 aromatic heterocycles. The Morgan fingerprint density at radius 2 is 2.12 bits per heavy atom. The highest BCUT2D eigenvalue weighted by atomic mass is 16.5. The lowest BCUT2D eigenvalue weighted by molar-refractivity contribution is 0.0668. The number of hydrogen-bond acceptors (Lipinski definition) is 3. The molecule has 0 spiro atoms. The second-order valence-electron chi connectivity index (χ2n) is 7.24. The van der Waals surface area contributed by atoms with E-state index < -0.39 is 0 Å². The summed E-state index contributed by atoms with van der Waals surface area (Å²) in [5, 5.41) is 1.22. The van der Waals surface area contributed by atoms with Gasteiger partial charge in [0.1, 0.15) is 12.1 Å². The van der Waals surface area contributed by atoms with Gasteiger partial charge in [-0.3, -0.25) is 0 Å². The van der Waals surface area contributed by atoms with Crippen LogP contribution in [0.25, 0.3) is 10.9 Å². The SMILES string of the molecule is Cc1cccc(Cn2c(C)c(C)c3ccnc(OCC4CCCO4)c32)c1. The molecule has 4 heteroatoms. The summed E-state index contributed by atoms with van der Waals surface area (Å²) in [5.74, 6) is 0.710. The Bertz CT molecular complexity index is 923. The summed E-state index contributed by atoms with van der Waals surface area (Å²) in [7, 11) is 0. The summed E-state index contributed by atoms with van der Waals surface area (Å²) in [6, 6.07) is 10.8. The minimum atomic E-state index is 0.189. The molecule has 0 saturated carbocycles. The van der Waals surface area contributed by atoms with Crippen LogP contribution in [0.3, 0.4) is 0 Å². The van der Waals surface area contributed by atoms with E-state index in [0.717, 1.165) is 31.5 Å². The normalized spacial score (nSPS) is 17.1. The predicted octanol–water partition coefficient (Wildman–Crippen LogP) is 4.57. The first-order valence-electron chi connectivity index (χ1n) is 9.38. The zero-order valence-electron chi connectivity index (χ0n) is 15.8. The molecule has 1 fully saturated rings. The third-order valence-corrected chi connectivity index (χ3v) is 5.37. The van der Waals surface area contributed by atoms with Crippen LogP contribution < -0.4 is 4.74 Å². The third-order valence-electron chi connectivity index (χ3n) is 5.37. The number of rotatable bonds is 5. The first-order valence-corrected chi connectivity index (χ1v) is 9.38. The fraction of sp³-hybridized carbons (Fsp3) is 0.409. The number of fused-ring (bicyclic) bond motifs is 1. The van der Waals surface area contributed by atoms with E-state index in [2.05, 4.69) is 60.7 Å². The number of aromatic nitrogens is 2. The summed E-state index contributed by atoms with van der Waals surface area (Å²) in [6.07, 6.45) is 4.22. The van der Waals surface area contributed by atoms with Crippen molar-refractivity contribution >= 4 is 10.9 Å². The molecule has 0 radical (unpaired) electrons. The van der Waals surface area contributed by atoms with Crippen molar-refractivity contribution in [3.8, 4) is 5.88 Å². The molecule has 1 saturated heterocycles. The van der Waals surface area contributed by atoms with Crippen LogP contribution in [-0.2, 0) is 11.3 Å². The van der Waals surface area contributed by atoms with Gasteiger partial charge in [-0.2, -0.15) is 0 Å². The van der Waals surface area contributed by atoms with E-state index in [-0.39, 0.29) is 6.10 Å². The maximum absolute atomic E-state index is 6.12. The van der Waals surface area contributed by atoms with Crippen LogP contribution in [0.2, 0.25) is 0 Å². The van der Waals surface area contributed by atoms with Gasteiger partial charge in [0.25, 0.3) is 0 Å². The third kappa shape index (κ3) is 3.21. The maximum atomic E-state index is 6.12. The number of ether oxygens (including phenoxy) is 2. The smallest absolute Gasteiger partial charge is 0.238 e. The molecule has 0 N–H and O–H groups in total. The number of nitrogens with zero attached hydrogens (tertiary/aromatic N) is 2. The Balaban J connectivity index is 1.72. The van der Waals surface area contributed by atoms with Gasteiger partial charge in [0.2, 0.25) is 5.88 Å². The van der Waals surface area contributed by atoms with E-state index in [4.69, 9.17) is 9.47 Å². The highest BCUT2D eigenvalue weighted by Crippen LogP contribution is 2.32. The Kier molecular flexibility index (Phi) is 4.68. The Morgan fingerprint density at radius 1 is 1.23 bits per heavy atom. The maximum Gasteiger partial charge on any atom is 0.238 e. The monoisotopic (exact) mass is 350 g/mol. The molecule has 1 unspecified atom stereocenters. The largest absolute Gasteiger partial charge is 0.473 e. The zero-order valence-corrected chi connectivity index (χ0v) is 15.8. The Morgan fingerprint density at radius 3 is 2.88 bits per heavy atom. The summed E-state index contributed by atoms with van der Waals surface area (Å²) in [6.45, 7) is 8.71. The predicted molar refractivity (Wildman–Crippen MR) is 104 cm³/mol. The molecule has 26 heavy (non-hydrogen) atoms. The van der Waals surface area contributed by atoms with Crippen molar-refractivity contribution in [1.82, 2.24) is 9.55 Å². The van der Waals surface area contributed by atoms with Crippen molar-refractivity contribution in [3.63, 3.8) is 0 Å². The molecule has 1 atom stereocenters. The van der Waals surface area contributed by atoms with Crippen LogP contribution >= 0.6 is 0 Å². The summed E-state index contributed by atoms with van der Waals surface area (Å²) in [5.41, 5.74) is 6.20. The van der Waals surface area contributed by atoms with E-state index in [0.29, 0.717) is 12.5 Å². The number of benzene rings is 1. The average molecular weight is 350 g/mol. The standard InChI is InChI=1S/C22H26N2O2/c1-15-6-4-7-18(12-15)13-24-17(3)16(2)20-9-10-23-22(21(20)24)26-14-19-8-5-11-25-19/h4,6-7,9-10,12,19H,5,8,11,13-14H2,1-3H3. The highest BCUT2D eigenvalue weighted by molar-refractivity contribution is 5.89. The van der Waals surface area contributed by atoms with Gasteiger partial charge >= 0.3 is 0 Å². The van der Waals surface area contributed by atoms with Gasteiger partial charge in [-0.1, -0.05) is 29.8 Å². The number of pyridine rings is 1. The molecule has 3 aromatic rings. The van der Waals surface area contributed by atoms with Gasteiger partial charge in [0, 0.05) is 30.4 Å². The second kappa shape index (κ2) is 7.12. The molecule has 1 aliphatic heterocycles. The zero-order chi connectivity index (χ0) is 18.1. The lowest BCUT2D eigenvalue weighted by atomic mass is 10.1. The average Bonchev–Trinajstić information content (AvgIpc) is 3.24.